The van der Waals surface area contributed by atoms with Crippen LogP contribution >= 0.6 is 0 Å². The minimum atomic E-state index is 0.574. The Kier molecular flexibility index (Phi) is 3.49. The van der Waals surface area contributed by atoms with E-state index in [1.54, 1.807) is 0 Å². The van der Waals surface area contributed by atoms with E-state index in [0.717, 1.165) is 18.0 Å². The molecule has 1 fully saturated rings. The molecule has 0 atom stereocenters. The summed E-state index contributed by atoms with van der Waals surface area (Å²) in [6.07, 6.45) is 6.87. The van der Waals surface area contributed by atoms with Gasteiger partial charge in [0.05, 0.1) is 0 Å². The summed E-state index contributed by atoms with van der Waals surface area (Å²) >= 11 is 0. The fourth-order valence-corrected chi connectivity index (χ4v) is 2.76. The Hall–Kier alpha value is -1.84. The van der Waals surface area contributed by atoms with E-state index in [0.29, 0.717) is 5.89 Å². The number of anilines is 1. The summed E-state index contributed by atoms with van der Waals surface area (Å²) in [6.45, 7) is 3.19. The van der Waals surface area contributed by atoms with E-state index in [9.17, 15) is 0 Å². The number of hydrogen-bond acceptors (Lipinski definition) is 4. The average molecular weight is 257 g/mol. The molecule has 1 heterocycles. The van der Waals surface area contributed by atoms with Crippen molar-refractivity contribution in [1.29, 1.82) is 0 Å². The number of hydrogen-bond donors (Lipinski definition) is 1. The molecule has 0 aliphatic heterocycles. The standard InChI is InChI=1S/C15H19N3O/c1-11-8-13(15-18-17-10-19-15)6-7-14(11)16-9-12-4-2-3-5-12/h6-8,10,12,16H,2-5,9H2,1H3. The molecule has 1 aliphatic rings. The first-order chi connectivity index (χ1) is 9.33. The Balaban J connectivity index is 1.69. The van der Waals surface area contributed by atoms with Crippen molar-refractivity contribution < 1.29 is 4.42 Å². The summed E-state index contributed by atoms with van der Waals surface area (Å²) < 4.78 is 5.21. The second-order valence-corrected chi connectivity index (χ2v) is 5.30. The van der Waals surface area contributed by atoms with Gasteiger partial charge in [0.1, 0.15) is 0 Å². The quantitative estimate of drug-likeness (QED) is 0.908. The smallest absolute Gasteiger partial charge is 0.247 e. The van der Waals surface area contributed by atoms with E-state index < -0.39 is 0 Å². The third-order valence-corrected chi connectivity index (χ3v) is 3.89. The van der Waals surface area contributed by atoms with Crippen LogP contribution in [0.5, 0.6) is 0 Å². The lowest BCUT2D eigenvalue weighted by atomic mass is 10.1. The fraction of sp³-hybridized carbons (Fsp3) is 0.467. The van der Waals surface area contributed by atoms with Gasteiger partial charge < -0.3 is 9.73 Å². The lowest BCUT2D eigenvalue weighted by Crippen LogP contribution is -2.11. The van der Waals surface area contributed by atoms with Crippen LogP contribution in [0.1, 0.15) is 31.2 Å². The molecule has 0 spiro atoms. The molecule has 0 radical (unpaired) electrons. The predicted molar refractivity (Wildman–Crippen MR) is 74.9 cm³/mol. The minimum Gasteiger partial charge on any atom is -0.423 e. The third kappa shape index (κ3) is 2.78. The highest BCUT2D eigenvalue weighted by Crippen LogP contribution is 2.27. The molecule has 3 rings (SSSR count). The summed E-state index contributed by atoms with van der Waals surface area (Å²) in [5, 5.41) is 11.2. The molecule has 0 bridgehead atoms. The Morgan fingerprint density at radius 2 is 2.16 bits per heavy atom. The van der Waals surface area contributed by atoms with Gasteiger partial charge in [-0.1, -0.05) is 12.8 Å². The molecule has 1 N–H and O–H groups in total. The van der Waals surface area contributed by atoms with Crippen LogP contribution in [-0.2, 0) is 0 Å². The highest BCUT2D eigenvalue weighted by molar-refractivity contribution is 5.62. The minimum absolute atomic E-state index is 0.574. The molecule has 0 unspecified atom stereocenters. The lowest BCUT2D eigenvalue weighted by Gasteiger charge is -2.14. The fourth-order valence-electron chi connectivity index (χ4n) is 2.76. The molecule has 1 aliphatic carbocycles. The van der Waals surface area contributed by atoms with Crippen LogP contribution in [0, 0.1) is 12.8 Å². The van der Waals surface area contributed by atoms with Crippen molar-refractivity contribution in [3.8, 4) is 11.5 Å². The molecule has 100 valence electrons. The molecular weight excluding hydrogens is 238 g/mol. The van der Waals surface area contributed by atoms with Crippen LogP contribution in [0.4, 0.5) is 5.69 Å². The van der Waals surface area contributed by atoms with Crippen molar-refractivity contribution in [1.82, 2.24) is 10.2 Å². The molecule has 0 saturated heterocycles. The van der Waals surface area contributed by atoms with E-state index in [4.69, 9.17) is 4.42 Å². The Morgan fingerprint density at radius 1 is 1.32 bits per heavy atom. The summed E-state index contributed by atoms with van der Waals surface area (Å²) in [5.41, 5.74) is 3.39. The van der Waals surface area contributed by atoms with Gasteiger partial charge in [-0.25, -0.2) is 0 Å². The first-order valence-corrected chi connectivity index (χ1v) is 6.94. The second kappa shape index (κ2) is 5.43. The molecule has 4 heteroatoms. The maximum Gasteiger partial charge on any atom is 0.247 e. The molecule has 19 heavy (non-hydrogen) atoms. The van der Waals surface area contributed by atoms with E-state index in [-0.39, 0.29) is 0 Å². The lowest BCUT2D eigenvalue weighted by molar-refractivity contribution is 0.568. The number of rotatable bonds is 4. The maximum absolute atomic E-state index is 5.21. The van der Waals surface area contributed by atoms with Crippen molar-refractivity contribution in [2.75, 3.05) is 11.9 Å². The van der Waals surface area contributed by atoms with E-state index in [1.165, 1.54) is 43.3 Å². The zero-order valence-corrected chi connectivity index (χ0v) is 11.2. The van der Waals surface area contributed by atoms with Crippen LogP contribution in [-0.4, -0.2) is 16.7 Å². The first-order valence-electron chi connectivity index (χ1n) is 6.94. The van der Waals surface area contributed by atoms with Crippen molar-refractivity contribution in [3.05, 3.63) is 30.2 Å². The summed E-state index contributed by atoms with van der Waals surface area (Å²) in [7, 11) is 0. The largest absolute Gasteiger partial charge is 0.423 e. The third-order valence-electron chi connectivity index (χ3n) is 3.89. The van der Waals surface area contributed by atoms with Crippen molar-refractivity contribution >= 4 is 5.69 Å². The van der Waals surface area contributed by atoms with Gasteiger partial charge in [0.2, 0.25) is 12.3 Å². The predicted octanol–water partition coefficient (Wildman–Crippen LogP) is 3.65. The number of nitrogens with one attached hydrogen (secondary N) is 1. The van der Waals surface area contributed by atoms with Crippen LogP contribution in [0.2, 0.25) is 0 Å². The molecule has 2 aromatic rings. The zero-order chi connectivity index (χ0) is 13.1. The normalized spacial score (nSPS) is 15.8. The maximum atomic E-state index is 5.21. The molecule has 1 aromatic carbocycles. The van der Waals surface area contributed by atoms with Crippen LogP contribution in [0.25, 0.3) is 11.5 Å². The SMILES string of the molecule is Cc1cc(-c2nnco2)ccc1NCC1CCCC1. The summed E-state index contributed by atoms with van der Waals surface area (Å²) in [5.74, 6) is 1.42. The Morgan fingerprint density at radius 3 is 2.84 bits per heavy atom. The van der Waals surface area contributed by atoms with Crippen LogP contribution in [0.3, 0.4) is 0 Å². The average Bonchev–Trinajstić information content (AvgIpc) is 3.10. The zero-order valence-electron chi connectivity index (χ0n) is 11.2. The van der Waals surface area contributed by atoms with Gasteiger partial charge in [0.25, 0.3) is 0 Å². The Bertz CT molecular complexity index is 530. The van der Waals surface area contributed by atoms with Crippen LogP contribution in [0.15, 0.2) is 29.0 Å². The molecule has 1 saturated carbocycles. The van der Waals surface area contributed by atoms with Crippen molar-refractivity contribution in [2.45, 2.75) is 32.6 Å². The van der Waals surface area contributed by atoms with Gasteiger partial charge in [-0.3, -0.25) is 0 Å². The number of nitrogens with zero attached hydrogens (tertiary/aromatic N) is 2. The number of aryl methyl sites for hydroxylation is 1. The van der Waals surface area contributed by atoms with Gasteiger partial charge >= 0.3 is 0 Å². The summed E-state index contributed by atoms with van der Waals surface area (Å²) in [4.78, 5) is 0. The van der Waals surface area contributed by atoms with Crippen LogP contribution < -0.4 is 5.32 Å². The van der Waals surface area contributed by atoms with Gasteiger partial charge in [0, 0.05) is 17.8 Å². The van der Waals surface area contributed by atoms with E-state index in [2.05, 4.69) is 34.6 Å². The number of aromatic nitrogens is 2. The number of benzene rings is 1. The van der Waals surface area contributed by atoms with Gasteiger partial charge in [-0.05, 0) is 49.4 Å². The highest BCUT2D eigenvalue weighted by Gasteiger charge is 2.15. The molecule has 1 aromatic heterocycles. The van der Waals surface area contributed by atoms with Gasteiger partial charge in [-0.2, -0.15) is 0 Å². The molecular formula is C15H19N3O. The molecule has 4 nitrogen and oxygen atoms in total. The summed E-state index contributed by atoms with van der Waals surface area (Å²) in [6, 6.07) is 6.21. The van der Waals surface area contributed by atoms with Crippen molar-refractivity contribution in [3.63, 3.8) is 0 Å². The Labute approximate surface area is 113 Å². The second-order valence-electron chi connectivity index (χ2n) is 5.30. The van der Waals surface area contributed by atoms with Gasteiger partial charge in [-0.15, -0.1) is 10.2 Å². The van der Waals surface area contributed by atoms with Gasteiger partial charge in [0.15, 0.2) is 0 Å². The van der Waals surface area contributed by atoms with E-state index in [1.807, 2.05) is 6.07 Å². The van der Waals surface area contributed by atoms with Crippen molar-refractivity contribution in [2.24, 2.45) is 5.92 Å². The molecule has 0 amide bonds. The topological polar surface area (TPSA) is 51.0 Å². The van der Waals surface area contributed by atoms with E-state index >= 15 is 0 Å². The first kappa shape index (κ1) is 12.2. The monoisotopic (exact) mass is 257 g/mol. The highest BCUT2D eigenvalue weighted by atomic mass is 16.4.